The Hall–Kier alpha value is -1.52. The predicted molar refractivity (Wildman–Crippen MR) is 129 cm³/mol. The normalized spacial score (nSPS) is 19.6. The predicted octanol–water partition coefficient (Wildman–Crippen LogP) is 6.05. The molecule has 0 bridgehead atoms. The first-order valence-corrected chi connectivity index (χ1v) is 14.3. The number of fused-ring (bicyclic) bond motifs is 3. The van der Waals surface area contributed by atoms with Crippen LogP contribution in [0.15, 0.2) is 42.5 Å². The molecule has 0 aliphatic carbocycles. The number of hydrogen-bond acceptors (Lipinski definition) is 3. The van der Waals surface area contributed by atoms with E-state index in [1.807, 2.05) is 0 Å². The van der Waals surface area contributed by atoms with Crippen LogP contribution in [-0.4, -0.2) is 30.7 Å². The van der Waals surface area contributed by atoms with Gasteiger partial charge >= 0.3 is 195 Å². The topological polar surface area (TPSA) is 9.72 Å². The van der Waals surface area contributed by atoms with E-state index in [0.717, 1.165) is 6.67 Å². The van der Waals surface area contributed by atoms with Gasteiger partial charge in [-0.3, -0.25) is 0 Å². The fourth-order valence-corrected chi connectivity index (χ4v) is 7.03. The van der Waals surface area contributed by atoms with Gasteiger partial charge in [-0.2, -0.15) is 0 Å². The van der Waals surface area contributed by atoms with Crippen molar-refractivity contribution in [1.29, 1.82) is 0 Å². The van der Waals surface area contributed by atoms with Crippen LogP contribution in [-0.2, 0) is 18.2 Å². The second-order valence-electron chi connectivity index (χ2n) is 8.89. The van der Waals surface area contributed by atoms with Gasteiger partial charge in [0.25, 0.3) is 0 Å². The second kappa shape index (κ2) is 8.55. The minimum atomic E-state index is -0.453. The number of anilines is 3. The zero-order valence-electron chi connectivity index (χ0n) is 18.6. The second-order valence-corrected chi connectivity index (χ2v) is 11.3. The van der Waals surface area contributed by atoms with E-state index in [0.29, 0.717) is 11.8 Å². The molecule has 164 valence electrons. The first kappa shape index (κ1) is 21.7. The zero-order chi connectivity index (χ0) is 21.6. The van der Waals surface area contributed by atoms with Crippen molar-refractivity contribution in [3.05, 3.63) is 59.2 Å². The summed E-state index contributed by atoms with van der Waals surface area (Å²) in [5.41, 5.74) is 8.06. The average molecular weight is 606 g/mol. The summed E-state index contributed by atoms with van der Waals surface area (Å²) in [5.74, 6) is 0.925. The van der Waals surface area contributed by atoms with Gasteiger partial charge < -0.3 is 0 Å². The van der Waals surface area contributed by atoms with Gasteiger partial charge in [-0.05, 0) is 0 Å². The minimum absolute atomic E-state index is 0.234. The van der Waals surface area contributed by atoms with Crippen molar-refractivity contribution in [2.75, 3.05) is 35.5 Å². The summed E-state index contributed by atoms with van der Waals surface area (Å²) in [5, 5.41) is 0. The van der Waals surface area contributed by atoms with Crippen LogP contribution < -0.4 is 14.7 Å². The Kier molecular flexibility index (Phi) is 6.18. The molecule has 2 aliphatic rings. The molecule has 2 aromatic carbocycles. The Morgan fingerprint density at radius 1 is 0.967 bits per heavy atom. The number of hydrogen-bond donors (Lipinski definition) is 0. The summed E-state index contributed by atoms with van der Waals surface area (Å²) >= 11 is -0.453. The van der Waals surface area contributed by atoms with Crippen molar-refractivity contribution in [1.82, 2.24) is 0 Å². The van der Waals surface area contributed by atoms with E-state index in [1.165, 1.54) is 37.6 Å². The van der Waals surface area contributed by atoms with Gasteiger partial charge in [-0.1, -0.05) is 0 Å². The average Bonchev–Trinajstić information content (AvgIpc) is 3.10. The van der Waals surface area contributed by atoms with Crippen LogP contribution in [0, 0.1) is 0 Å². The SMILES string of the molecule is CC(C)c1cccc(C(C)C)c1N1CN2c3c(cccc3N(C)C)C=CC2[C]1=[Au][Cl]. The molecule has 0 spiro atoms. The number of para-hydroxylation sites is 2. The molecule has 3 nitrogen and oxygen atoms in total. The summed E-state index contributed by atoms with van der Waals surface area (Å²) < 4.78 is 1.36. The summed E-state index contributed by atoms with van der Waals surface area (Å²) in [6, 6.07) is 13.6. The van der Waals surface area contributed by atoms with E-state index in [4.69, 9.17) is 9.19 Å². The van der Waals surface area contributed by atoms with Gasteiger partial charge in [0.15, 0.2) is 0 Å². The van der Waals surface area contributed by atoms with Crippen LogP contribution >= 0.6 is 9.19 Å². The molecule has 1 atom stereocenters. The molecule has 1 fully saturated rings. The fourth-order valence-electron chi connectivity index (χ4n) is 4.57. The van der Waals surface area contributed by atoms with Crippen LogP contribution in [0.25, 0.3) is 6.08 Å². The van der Waals surface area contributed by atoms with Gasteiger partial charge in [0.2, 0.25) is 0 Å². The third-order valence-corrected chi connectivity index (χ3v) is 8.63. The van der Waals surface area contributed by atoms with Crippen LogP contribution in [0.1, 0.15) is 56.2 Å². The summed E-state index contributed by atoms with van der Waals surface area (Å²) in [6.45, 7) is 10.0. The molecule has 30 heavy (non-hydrogen) atoms. The van der Waals surface area contributed by atoms with Gasteiger partial charge in [0.05, 0.1) is 0 Å². The van der Waals surface area contributed by atoms with Crippen molar-refractivity contribution in [2.24, 2.45) is 0 Å². The molecule has 1 saturated heterocycles. The Balaban J connectivity index is 1.89. The van der Waals surface area contributed by atoms with Gasteiger partial charge in [0, 0.05) is 0 Å². The molecule has 2 aromatic rings. The third kappa shape index (κ3) is 3.56. The molecule has 0 aromatic heterocycles. The Labute approximate surface area is 194 Å². The molecule has 0 N–H and O–H groups in total. The van der Waals surface area contributed by atoms with Crippen LogP contribution in [0.4, 0.5) is 17.1 Å². The van der Waals surface area contributed by atoms with Crippen molar-refractivity contribution in [2.45, 2.75) is 45.6 Å². The summed E-state index contributed by atoms with van der Waals surface area (Å²) in [7, 11) is 11.0. The third-order valence-electron chi connectivity index (χ3n) is 6.03. The van der Waals surface area contributed by atoms with Crippen LogP contribution in [0.2, 0.25) is 0 Å². The number of benzene rings is 2. The van der Waals surface area contributed by atoms with E-state index in [9.17, 15) is 0 Å². The standard InChI is InChI=1S/C25H31N3.Au.ClH/c1-17(2)21-10-8-11-22(18(3)4)25(21)27-15-20-14-13-19-9-7-12-23(26(5)6)24(19)28(20)16-27;;/h7-14,17-18,20H,16H2,1-6H3;;1H/q;+1;/p-1. The van der Waals surface area contributed by atoms with E-state index in [1.54, 1.807) is 0 Å². The number of rotatable bonds is 4. The maximum atomic E-state index is 6.71. The van der Waals surface area contributed by atoms with E-state index in [-0.39, 0.29) is 6.04 Å². The molecule has 0 saturated carbocycles. The summed E-state index contributed by atoms with van der Waals surface area (Å²) in [4.78, 5) is 7.30. The zero-order valence-corrected chi connectivity index (χ0v) is 21.5. The molecular weight excluding hydrogens is 575 g/mol. The monoisotopic (exact) mass is 605 g/mol. The molecule has 2 aliphatic heterocycles. The van der Waals surface area contributed by atoms with Crippen LogP contribution in [0.5, 0.6) is 0 Å². The van der Waals surface area contributed by atoms with E-state index >= 15 is 0 Å². The Morgan fingerprint density at radius 2 is 1.60 bits per heavy atom. The van der Waals surface area contributed by atoms with E-state index < -0.39 is 18.2 Å². The maximum absolute atomic E-state index is 6.71. The quantitative estimate of drug-likeness (QED) is 0.393. The molecule has 4 rings (SSSR count). The van der Waals surface area contributed by atoms with Crippen molar-refractivity contribution in [3.8, 4) is 0 Å². The fraction of sp³-hybridized carbons (Fsp3) is 0.400. The van der Waals surface area contributed by atoms with Gasteiger partial charge in [-0.15, -0.1) is 0 Å². The van der Waals surface area contributed by atoms with Crippen molar-refractivity contribution < 1.29 is 18.2 Å². The van der Waals surface area contributed by atoms with E-state index in [2.05, 4.69) is 105 Å². The molecule has 0 amide bonds. The number of nitrogens with zero attached hydrogens (tertiary/aromatic N) is 3. The molecule has 1 unspecified atom stereocenters. The summed E-state index contributed by atoms with van der Waals surface area (Å²) in [6.07, 6.45) is 4.61. The van der Waals surface area contributed by atoms with Crippen LogP contribution in [0.3, 0.4) is 0 Å². The van der Waals surface area contributed by atoms with Gasteiger partial charge in [0.1, 0.15) is 0 Å². The first-order chi connectivity index (χ1) is 14.3. The van der Waals surface area contributed by atoms with Crippen molar-refractivity contribution >= 4 is 36.2 Å². The number of halogens is 1. The Morgan fingerprint density at radius 3 is 2.17 bits per heavy atom. The Bertz CT molecular complexity index is 983. The van der Waals surface area contributed by atoms with Crippen molar-refractivity contribution in [3.63, 3.8) is 0 Å². The van der Waals surface area contributed by atoms with Gasteiger partial charge in [-0.25, -0.2) is 0 Å². The molecule has 2 heterocycles. The molecule has 0 radical (unpaired) electrons. The molecular formula is C25H31AuClN3. The molecule has 5 heteroatoms. The first-order valence-electron chi connectivity index (χ1n) is 10.6.